The van der Waals surface area contributed by atoms with Crippen LogP contribution in [0.4, 0.5) is 11.4 Å². The lowest BCUT2D eigenvalue weighted by Crippen LogP contribution is -2.20. The molecule has 2 N–H and O–H groups in total. The second kappa shape index (κ2) is 8.75. The Morgan fingerprint density at radius 1 is 0.839 bits per heavy atom. The van der Waals surface area contributed by atoms with E-state index in [2.05, 4.69) is 10.6 Å². The number of benzene rings is 3. The maximum Gasteiger partial charge on any atom is 0.291 e. The number of para-hydroxylation sites is 1. The van der Waals surface area contributed by atoms with Gasteiger partial charge in [-0.25, -0.2) is 0 Å². The highest BCUT2D eigenvalue weighted by Crippen LogP contribution is 2.21. The lowest BCUT2D eigenvalue weighted by atomic mass is 10.1. The van der Waals surface area contributed by atoms with Crippen LogP contribution in [-0.2, 0) is 4.79 Å². The van der Waals surface area contributed by atoms with Crippen LogP contribution in [0.1, 0.15) is 21.7 Å². The molecule has 0 radical (unpaired) electrons. The van der Waals surface area contributed by atoms with E-state index in [0.717, 1.165) is 16.5 Å². The number of hydrogen-bond acceptors (Lipinski definition) is 4. The molecule has 0 saturated carbocycles. The maximum atomic E-state index is 12.4. The molecule has 0 bridgehead atoms. The number of ether oxygens (including phenoxy) is 1. The SMILES string of the molecule is Cc1cc(C)cc(OCC(=O)Nc2ccc(NC(=O)c3cc4ccccc4o3)cc2)c1. The minimum atomic E-state index is -0.338. The van der Waals surface area contributed by atoms with Gasteiger partial charge in [0.05, 0.1) is 0 Å². The molecule has 6 nitrogen and oxygen atoms in total. The third-order valence-corrected chi connectivity index (χ3v) is 4.64. The van der Waals surface area contributed by atoms with Crippen LogP contribution in [0.3, 0.4) is 0 Å². The van der Waals surface area contributed by atoms with Gasteiger partial charge in [-0.1, -0.05) is 24.3 Å². The zero-order valence-corrected chi connectivity index (χ0v) is 17.3. The van der Waals surface area contributed by atoms with E-state index in [1.165, 1.54) is 0 Å². The number of anilines is 2. The summed E-state index contributed by atoms with van der Waals surface area (Å²) in [6, 6.07) is 21.8. The van der Waals surface area contributed by atoms with Crippen LogP contribution in [-0.4, -0.2) is 18.4 Å². The van der Waals surface area contributed by atoms with Gasteiger partial charge in [0.2, 0.25) is 0 Å². The predicted octanol–water partition coefficient (Wildman–Crippen LogP) is 5.32. The number of amides is 2. The van der Waals surface area contributed by atoms with Crippen molar-refractivity contribution in [2.24, 2.45) is 0 Å². The molecule has 2 amide bonds. The third-order valence-electron chi connectivity index (χ3n) is 4.64. The molecule has 0 spiro atoms. The summed E-state index contributed by atoms with van der Waals surface area (Å²) in [4.78, 5) is 24.6. The van der Waals surface area contributed by atoms with Gasteiger partial charge in [-0.3, -0.25) is 9.59 Å². The number of aryl methyl sites for hydroxylation is 2. The maximum absolute atomic E-state index is 12.4. The second-order valence-corrected chi connectivity index (χ2v) is 7.34. The van der Waals surface area contributed by atoms with Crippen LogP contribution < -0.4 is 15.4 Å². The summed E-state index contributed by atoms with van der Waals surface area (Å²) in [5, 5.41) is 6.43. The molecular weight excluding hydrogens is 392 g/mol. The molecule has 0 atom stereocenters. The smallest absolute Gasteiger partial charge is 0.291 e. The van der Waals surface area contributed by atoms with Crippen molar-refractivity contribution < 1.29 is 18.7 Å². The fourth-order valence-corrected chi connectivity index (χ4v) is 3.29. The molecule has 0 aliphatic heterocycles. The van der Waals surface area contributed by atoms with Gasteiger partial charge in [0.15, 0.2) is 12.4 Å². The Labute approximate surface area is 179 Å². The molecule has 31 heavy (non-hydrogen) atoms. The van der Waals surface area contributed by atoms with E-state index in [0.29, 0.717) is 22.7 Å². The number of fused-ring (bicyclic) bond motifs is 1. The van der Waals surface area contributed by atoms with Gasteiger partial charge in [0.25, 0.3) is 11.8 Å². The molecule has 0 aliphatic rings. The van der Waals surface area contributed by atoms with Crippen LogP contribution >= 0.6 is 0 Å². The average molecular weight is 414 g/mol. The Balaban J connectivity index is 1.32. The standard InChI is InChI=1S/C25H22N2O4/c1-16-11-17(2)13-21(12-16)30-15-24(28)26-19-7-9-20(10-8-19)27-25(29)23-14-18-5-3-4-6-22(18)31-23/h3-14H,15H2,1-2H3,(H,26,28)(H,27,29). The van der Waals surface area contributed by atoms with Gasteiger partial charge in [-0.2, -0.15) is 0 Å². The van der Waals surface area contributed by atoms with E-state index < -0.39 is 0 Å². The molecule has 4 aromatic rings. The van der Waals surface area contributed by atoms with Crippen molar-refractivity contribution >= 4 is 34.2 Å². The van der Waals surface area contributed by atoms with Crippen molar-refractivity contribution in [3.63, 3.8) is 0 Å². The van der Waals surface area contributed by atoms with Crippen molar-refractivity contribution in [3.8, 4) is 5.75 Å². The summed E-state index contributed by atoms with van der Waals surface area (Å²) in [6.07, 6.45) is 0. The topological polar surface area (TPSA) is 80.6 Å². The highest BCUT2D eigenvalue weighted by Gasteiger charge is 2.12. The van der Waals surface area contributed by atoms with Crippen molar-refractivity contribution in [1.82, 2.24) is 0 Å². The molecule has 0 unspecified atom stereocenters. The van der Waals surface area contributed by atoms with Crippen molar-refractivity contribution in [2.45, 2.75) is 13.8 Å². The zero-order valence-electron chi connectivity index (χ0n) is 17.3. The van der Waals surface area contributed by atoms with E-state index in [9.17, 15) is 9.59 Å². The Hall–Kier alpha value is -4.06. The van der Waals surface area contributed by atoms with E-state index in [1.54, 1.807) is 30.3 Å². The normalized spacial score (nSPS) is 10.6. The first-order valence-corrected chi connectivity index (χ1v) is 9.87. The molecule has 1 heterocycles. The fraction of sp³-hybridized carbons (Fsp3) is 0.120. The molecule has 156 valence electrons. The second-order valence-electron chi connectivity index (χ2n) is 7.34. The fourth-order valence-electron chi connectivity index (χ4n) is 3.29. The molecule has 4 rings (SSSR count). The van der Waals surface area contributed by atoms with Gasteiger partial charge in [0.1, 0.15) is 11.3 Å². The van der Waals surface area contributed by atoms with Crippen molar-refractivity contribution in [3.05, 3.63) is 89.7 Å². The molecule has 6 heteroatoms. The zero-order chi connectivity index (χ0) is 21.8. The van der Waals surface area contributed by atoms with Crippen LogP contribution in [0.2, 0.25) is 0 Å². The van der Waals surface area contributed by atoms with Gasteiger partial charge in [-0.15, -0.1) is 0 Å². The molecule has 0 saturated heterocycles. The molecular formula is C25H22N2O4. The summed E-state index contributed by atoms with van der Waals surface area (Å²) < 4.78 is 11.1. The number of rotatable bonds is 6. The Kier molecular flexibility index (Phi) is 5.71. The number of furan rings is 1. The lowest BCUT2D eigenvalue weighted by Gasteiger charge is -2.10. The van der Waals surface area contributed by atoms with Crippen molar-refractivity contribution in [1.29, 1.82) is 0 Å². The third kappa shape index (κ3) is 5.11. The minimum absolute atomic E-state index is 0.0898. The average Bonchev–Trinajstić information content (AvgIpc) is 3.18. The predicted molar refractivity (Wildman–Crippen MR) is 121 cm³/mol. The largest absolute Gasteiger partial charge is 0.484 e. The number of hydrogen-bond donors (Lipinski definition) is 2. The minimum Gasteiger partial charge on any atom is -0.484 e. The Morgan fingerprint density at radius 3 is 2.16 bits per heavy atom. The van der Waals surface area contributed by atoms with Gasteiger partial charge in [0, 0.05) is 16.8 Å². The summed E-state index contributed by atoms with van der Waals surface area (Å²) >= 11 is 0. The highest BCUT2D eigenvalue weighted by molar-refractivity contribution is 6.04. The Bertz CT molecular complexity index is 1190. The number of nitrogens with one attached hydrogen (secondary N) is 2. The van der Waals surface area contributed by atoms with E-state index in [1.807, 2.05) is 56.3 Å². The highest BCUT2D eigenvalue weighted by atomic mass is 16.5. The van der Waals surface area contributed by atoms with Gasteiger partial charge >= 0.3 is 0 Å². The van der Waals surface area contributed by atoms with E-state index in [4.69, 9.17) is 9.15 Å². The summed E-state index contributed by atoms with van der Waals surface area (Å²) in [7, 11) is 0. The summed E-state index contributed by atoms with van der Waals surface area (Å²) in [5.74, 6) is 0.298. The molecule has 3 aromatic carbocycles. The molecule has 1 aromatic heterocycles. The quantitative estimate of drug-likeness (QED) is 0.447. The Morgan fingerprint density at radius 2 is 1.48 bits per heavy atom. The molecule has 0 aliphatic carbocycles. The van der Waals surface area contributed by atoms with E-state index >= 15 is 0 Å². The van der Waals surface area contributed by atoms with Crippen molar-refractivity contribution in [2.75, 3.05) is 17.2 Å². The van der Waals surface area contributed by atoms with Crippen LogP contribution in [0, 0.1) is 13.8 Å². The van der Waals surface area contributed by atoms with E-state index in [-0.39, 0.29) is 24.2 Å². The number of carbonyl (C=O) groups is 2. The van der Waals surface area contributed by atoms with Crippen LogP contribution in [0.25, 0.3) is 11.0 Å². The van der Waals surface area contributed by atoms with Crippen LogP contribution in [0.5, 0.6) is 5.75 Å². The first-order chi connectivity index (χ1) is 15.0. The monoisotopic (exact) mass is 414 g/mol. The summed E-state index contributed by atoms with van der Waals surface area (Å²) in [6.45, 7) is 3.87. The first-order valence-electron chi connectivity index (χ1n) is 9.87. The summed E-state index contributed by atoms with van der Waals surface area (Å²) in [5.41, 5.74) is 4.02. The number of carbonyl (C=O) groups excluding carboxylic acids is 2. The first kappa shape index (κ1) is 20.2. The van der Waals surface area contributed by atoms with Gasteiger partial charge < -0.3 is 19.8 Å². The van der Waals surface area contributed by atoms with Crippen LogP contribution in [0.15, 0.2) is 77.2 Å². The lowest BCUT2D eigenvalue weighted by molar-refractivity contribution is -0.118. The van der Waals surface area contributed by atoms with Gasteiger partial charge in [-0.05, 0) is 73.5 Å². The molecule has 0 fully saturated rings.